The first kappa shape index (κ1) is 12.0. The molecule has 0 unspecified atom stereocenters. The third-order valence-electron chi connectivity index (χ3n) is 2.35. The second-order valence-corrected chi connectivity index (χ2v) is 4.70. The monoisotopic (exact) mass is 295 g/mol. The summed E-state index contributed by atoms with van der Waals surface area (Å²) in [6.07, 6.45) is 3.47. The minimum atomic E-state index is 0.635. The molecule has 2 heterocycles. The number of furan rings is 1. The van der Waals surface area contributed by atoms with Gasteiger partial charge >= 0.3 is 0 Å². The molecule has 0 radical (unpaired) electrons. The van der Waals surface area contributed by atoms with Crippen LogP contribution >= 0.6 is 15.9 Å². The summed E-state index contributed by atoms with van der Waals surface area (Å²) in [5.41, 5.74) is 0.971. The number of nitrogens with zero attached hydrogens (tertiary/aromatic N) is 2. The molecule has 90 valence electrons. The van der Waals surface area contributed by atoms with Crippen molar-refractivity contribution in [2.45, 2.75) is 6.54 Å². The molecule has 5 heteroatoms. The fraction of sp³-hybridized carbons (Fsp3) is 0.250. The largest absolute Gasteiger partial charge is 0.466 e. The number of aromatic nitrogens is 1. The van der Waals surface area contributed by atoms with Crippen LogP contribution in [0.5, 0.6) is 0 Å². The zero-order chi connectivity index (χ0) is 12.3. The molecule has 0 saturated heterocycles. The van der Waals surface area contributed by atoms with Crippen molar-refractivity contribution in [2.24, 2.45) is 0 Å². The summed E-state index contributed by atoms with van der Waals surface area (Å²) < 4.78 is 6.28. The Bertz CT molecular complexity index is 479. The van der Waals surface area contributed by atoms with Gasteiger partial charge in [-0.05, 0) is 34.1 Å². The van der Waals surface area contributed by atoms with Crippen molar-refractivity contribution in [1.29, 1.82) is 0 Å². The number of pyridine rings is 1. The van der Waals surface area contributed by atoms with Crippen LogP contribution in [0.15, 0.2) is 39.5 Å². The minimum absolute atomic E-state index is 0.635. The molecule has 0 aliphatic carbocycles. The lowest BCUT2D eigenvalue weighted by Crippen LogP contribution is -2.10. The molecule has 0 aliphatic rings. The van der Waals surface area contributed by atoms with Gasteiger partial charge in [-0.3, -0.25) is 0 Å². The number of hydrogen-bond acceptors (Lipinski definition) is 4. The molecule has 0 spiro atoms. The number of anilines is 2. The topological polar surface area (TPSA) is 41.3 Å². The first-order valence-electron chi connectivity index (χ1n) is 5.26. The maximum Gasteiger partial charge on any atom is 0.136 e. The van der Waals surface area contributed by atoms with Crippen molar-refractivity contribution in [2.75, 3.05) is 24.3 Å². The molecule has 0 atom stereocenters. The first-order valence-corrected chi connectivity index (χ1v) is 6.05. The standard InChI is InChI=1S/C12H14BrN3O/c1-16(2)12-4-3-9(7-15-12)14-8-11-10(13)5-6-17-11/h3-7,14H,8H2,1-2H3. The van der Waals surface area contributed by atoms with Crippen molar-refractivity contribution in [3.63, 3.8) is 0 Å². The van der Waals surface area contributed by atoms with Gasteiger partial charge in [0.05, 0.1) is 29.2 Å². The lowest BCUT2D eigenvalue weighted by Gasteiger charge is -2.11. The smallest absolute Gasteiger partial charge is 0.136 e. The minimum Gasteiger partial charge on any atom is -0.466 e. The maximum absolute atomic E-state index is 5.31. The Morgan fingerprint density at radius 2 is 2.18 bits per heavy atom. The number of halogens is 1. The Morgan fingerprint density at radius 1 is 1.35 bits per heavy atom. The fourth-order valence-electron chi connectivity index (χ4n) is 1.39. The van der Waals surface area contributed by atoms with Crippen LogP contribution in [-0.2, 0) is 6.54 Å². The predicted octanol–water partition coefficient (Wildman–Crippen LogP) is 3.12. The van der Waals surface area contributed by atoms with Gasteiger partial charge in [0.25, 0.3) is 0 Å². The molecular formula is C12H14BrN3O. The zero-order valence-electron chi connectivity index (χ0n) is 9.77. The molecule has 4 nitrogen and oxygen atoms in total. The molecular weight excluding hydrogens is 282 g/mol. The Hall–Kier alpha value is -1.49. The third-order valence-corrected chi connectivity index (χ3v) is 3.06. The molecule has 2 rings (SSSR count). The summed E-state index contributed by atoms with van der Waals surface area (Å²) in [6.45, 7) is 0.635. The second kappa shape index (κ2) is 5.23. The van der Waals surface area contributed by atoms with Crippen LogP contribution in [0.1, 0.15) is 5.76 Å². The molecule has 0 fully saturated rings. The summed E-state index contributed by atoms with van der Waals surface area (Å²) in [5, 5.41) is 3.25. The Labute approximate surface area is 109 Å². The van der Waals surface area contributed by atoms with Crippen LogP contribution in [0.3, 0.4) is 0 Å². The van der Waals surface area contributed by atoms with E-state index in [4.69, 9.17) is 4.42 Å². The van der Waals surface area contributed by atoms with Gasteiger partial charge in [0.2, 0.25) is 0 Å². The van der Waals surface area contributed by atoms with E-state index >= 15 is 0 Å². The lowest BCUT2D eigenvalue weighted by molar-refractivity contribution is 0.516. The van der Waals surface area contributed by atoms with Crippen LogP contribution in [0.2, 0.25) is 0 Å². The molecule has 0 saturated carbocycles. The van der Waals surface area contributed by atoms with Gasteiger partial charge in [-0.2, -0.15) is 0 Å². The van der Waals surface area contributed by atoms with E-state index in [2.05, 4.69) is 26.2 Å². The van der Waals surface area contributed by atoms with Gasteiger partial charge in [-0.1, -0.05) is 0 Å². The molecule has 0 amide bonds. The highest BCUT2D eigenvalue weighted by molar-refractivity contribution is 9.10. The van der Waals surface area contributed by atoms with Crippen LogP contribution in [-0.4, -0.2) is 19.1 Å². The van der Waals surface area contributed by atoms with Gasteiger partial charge in [-0.15, -0.1) is 0 Å². The Morgan fingerprint density at radius 3 is 2.71 bits per heavy atom. The van der Waals surface area contributed by atoms with E-state index in [1.54, 1.807) is 6.26 Å². The van der Waals surface area contributed by atoms with Gasteiger partial charge in [0.15, 0.2) is 0 Å². The summed E-state index contributed by atoms with van der Waals surface area (Å²) in [6, 6.07) is 5.85. The van der Waals surface area contributed by atoms with Crippen molar-refractivity contribution in [1.82, 2.24) is 4.98 Å². The highest BCUT2D eigenvalue weighted by Crippen LogP contribution is 2.19. The molecule has 0 aliphatic heterocycles. The van der Waals surface area contributed by atoms with E-state index < -0.39 is 0 Å². The summed E-state index contributed by atoms with van der Waals surface area (Å²) in [5.74, 6) is 1.82. The molecule has 17 heavy (non-hydrogen) atoms. The average Bonchev–Trinajstić information content (AvgIpc) is 2.73. The highest BCUT2D eigenvalue weighted by atomic mass is 79.9. The van der Waals surface area contributed by atoms with Crippen molar-refractivity contribution >= 4 is 27.4 Å². The predicted molar refractivity (Wildman–Crippen MR) is 72.3 cm³/mol. The Kier molecular flexibility index (Phi) is 3.68. The molecule has 0 aromatic carbocycles. The number of hydrogen-bond donors (Lipinski definition) is 1. The van der Waals surface area contributed by atoms with E-state index in [1.807, 2.05) is 43.4 Å². The van der Waals surface area contributed by atoms with Crippen molar-refractivity contribution < 1.29 is 4.42 Å². The second-order valence-electron chi connectivity index (χ2n) is 3.84. The first-order chi connectivity index (χ1) is 8.16. The van der Waals surface area contributed by atoms with E-state index in [1.165, 1.54) is 0 Å². The quantitative estimate of drug-likeness (QED) is 0.941. The Balaban J connectivity index is 1.98. The van der Waals surface area contributed by atoms with Gasteiger partial charge < -0.3 is 14.6 Å². The SMILES string of the molecule is CN(C)c1ccc(NCc2occc2Br)cn1. The number of nitrogens with one attached hydrogen (secondary N) is 1. The van der Waals surface area contributed by atoms with E-state index in [9.17, 15) is 0 Å². The van der Waals surface area contributed by atoms with Gasteiger partial charge in [-0.25, -0.2) is 4.98 Å². The number of rotatable bonds is 4. The lowest BCUT2D eigenvalue weighted by atomic mass is 10.3. The molecule has 2 aromatic heterocycles. The molecule has 0 bridgehead atoms. The van der Waals surface area contributed by atoms with Crippen LogP contribution in [0, 0.1) is 0 Å². The maximum atomic E-state index is 5.31. The summed E-state index contributed by atoms with van der Waals surface area (Å²) in [4.78, 5) is 6.29. The van der Waals surface area contributed by atoms with E-state index in [0.717, 1.165) is 21.7 Å². The highest BCUT2D eigenvalue weighted by Gasteiger charge is 2.03. The fourth-order valence-corrected chi connectivity index (χ4v) is 1.73. The van der Waals surface area contributed by atoms with Crippen LogP contribution < -0.4 is 10.2 Å². The summed E-state index contributed by atoms with van der Waals surface area (Å²) >= 11 is 3.41. The zero-order valence-corrected chi connectivity index (χ0v) is 11.4. The van der Waals surface area contributed by atoms with Crippen LogP contribution in [0.25, 0.3) is 0 Å². The van der Waals surface area contributed by atoms with Crippen LogP contribution in [0.4, 0.5) is 11.5 Å². The normalized spacial score (nSPS) is 10.3. The van der Waals surface area contributed by atoms with Gasteiger partial charge in [0.1, 0.15) is 11.6 Å². The van der Waals surface area contributed by atoms with E-state index in [-0.39, 0.29) is 0 Å². The third kappa shape index (κ3) is 3.00. The van der Waals surface area contributed by atoms with Gasteiger partial charge in [0, 0.05) is 14.1 Å². The average molecular weight is 296 g/mol. The summed E-state index contributed by atoms with van der Waals surface area (Å²) in [7, 11) is 3.94. The van der Waals surface area contributed by atoms with Crippen molar-refractivity contribution in [3.05, 3.63) is 40.9 Å². The molecule has 2 aromatic rings. The van der Waals surface area contributed by atoms with E-state index in [0.29, 0.717) is 6.54 Å². The molecule has 1 N–H and O–H groups in total. The van der Waals surface area contributed by atoms with Crippen molar-refractivity contribution in [3.8, 4) is 0 Å².